The Morgan fingerprint density at radius 3 is 2.52 bits per heavy atom. The predicted molar refractivity (Wildman–Crippen MR) is 92.4 cm³/mol. The first kappa shape index (κ1) is 17.9. The number of nitrogens with zero attached hydrogens (tertiary/aromatic N) is 2. The van der Waals surface area contributed by atoms with Gasteiger partial charge in [0.25, 0.3) is 5.91 Å². The molecule has 23 heavy (non-hydrogen) atoms. The van der Waals surface area contributed by atoms with Crippen molar-refractivity contribution in [1.29, 1.82) is 0 Å². The summed E-state index contributed by atoms with van der Waals surface area (Å²) in [6.07, 6.45) is 4.31. The summed E-state index contributed by atoms with van der Waals surface area (Å²) in [7, 11) is 0. The Labute approximate surface area is 142 Å². The van der Waals surface area contributed by atoms with E-state index in [1.807, 2.05) is 32.6 Å². The first-order chi connectivity index (χ1) is 10.9. The standard InChI is InChI=1S/C17H27N3O2S/c1-11(2)18-16(21)14-10-23-15(19-14)9-20(12(3)4)17(22)13-7-5-6-8-13/h10-13H,5-9H2,1-4H3,(H,18,21). The molecule has 0 atom stereocenters. The zero-order valence-corrected chi connectivity index (χ0v) is 15.3. The highest BCUT2D eigenvalue weighted by Gasteiger charge is 2.29. The molecule has 6 heteroatoms. The van der Waals surface area contributed by atoms with Crippen LogP contribution in [-0.2, 0) is 11.3 Å². The van der Waals surface area contributed by atoms with Crippen LogP contribution in [-0.4, -0.2) is 33.8 Å². The van der Waals surface area contributed by atoms with Crippen LogP contribution in [0.5, 0.6) is 0 Å². The number of aromatic nitrogens is 1. The maximum Gasteiger partial charge on any atom is 0.270 e. The van der Waals surface area contributed by atoms with E-state index < -0.39 is 0 Å². The van der Waals surface area contributed by atoms with Crippen LogP contribution in [0.2, 0.25) is 0 Å². The van der Waals surface area contributed by atoms with Crippen molar-refractivity contribution in [2.75, 3.05) is 0 Å². The fraction of sp³-hybridized carbons (Fsp3) is 0.706. The Bertz CT molecular complexity index is 548. The average Bonchev–Trinajstić information content (AvgIpc) is 3.14. The normalized spacial score (nSPS) is 15.4. The Balaban J connectivity index is 2.04. The molecule has 1 aromatic rings. The summed E-state index contributed by atoms with van der Waals surface area (Å²) in [5.74, 6) is 0.252. The number of thiazole rings is 1. The zero-order chi connectivity index (χ0) is 17.0. The van der Waals surface area contributed by atoms with Gasteiger partial charge in [-0.15, -0.1) is 11.3 Å². The lowest BCUT2D eigenvalue weighted by atomic mass is 10.1. The minimum atomic E-state index is -0.152. The Morgan fingerprint density at radius 2 is 1.96 bits per heavy atom. The number of nitrogens with one attached hydrogen (secondary N) is 1. The highest BCUT2D eigenvalue weighted by atomic mass is 32.1. The topological polar surface area (TPSA) is 62.3 Å². The van der Waals surface area contributed by atoms with Gasteiger partial charge < -0.3 is 10.2 Å². The van der Waals surface area contributed by atoms with E-state index in [9.17, 15) is 9.59 Å². The van der Waals surface area contributed by atoms with Gasteiger partial charge in [0.2, 0.25) is 5.91 Å². The van der Waals surface area contributed by atoms with Gasteiger partial charge in [-0.05, 0) is 40.5 Å². The lowest BCUT2D eigenvalue weighted by molar-refractivity contribution is -0.137. The predicted octanol–water partition coefficient (Wildman–Crippen LogP) is 3.21. The summed E-state index contributed by atoms with van der Waals surface area (Å²) in [4.78, 5) is 31.0. The van der Waals surface area contributed by atoms with Crippen LogP contribution < -0.4 is 5.32 Å². The largest absolute Gasteiger partial charge is 0.349 e. The lowest BCUT2D eigenvalue weighted by Gasteiger charge is -2.28. The molecule has 1 aliphatic carbocycles. The molecule has 5 nitrogen and oxygen atoms in total. The Kier molecular flexibility index (Phi) is 6.16. The van der Waals surface area contributed by atoms with Crippen molar-refractivity contribution in [2.45, 2.75) is 72.0 Å². The van der Waals surface area contributed by atoms with E-state index in [2.05, 4.69) is 10.3 Å². The highest BCUT2D eigenvalue weighted by molar-refractivity contribution is 7.09. The molecule has 1 N–H and O–H groups in total. The maximum atomic E-state index is 12.7. The molecule has 0 aromatic carbocycles. The molecule has 0 bridgehead atoms. The van der Waals surface area contributed by atoms with Gasteiger partial charge in [0.05, 0.1) is 6.54 Å². The summed E-state index contributed by atoms with van der Waals surface area (Å²) >= 11 is 1.44. The van der Waals surface area contributed by atoms with Crippen LogP contribution in [0, 0.1) is 5.92 Å². The second-order valence-electron chi connectivity index (χ2n) is 6.80. The molecule has 0 spiro atoms. The fourth-order valence-corrected chi connectivity index (χ4v) is 3.66. The maximum absolute atomic E-state index is 12.7. The van der Waals surface area contributed by atoms with Gasteiger partial charge in [-0.25, -0.2) is 4.98 Å². The van der Waals surface area contributed by atoms with E-state index in [0.29, 0.717) is 12.2 Å². The van der Waals surface area contributed by atoms with Crippen molar-refractivity contribution in [3.63, 3.8) is 0 Å². The first-order valence-electron chi connectivity index (χ1n) is 8.44. The van der Waals surface area contributed by atoms with E-state index in [-0.39, 0.29) is 29.8 Å². The van der Waals surface area contributed by atoms with Crippen molar-refractivity contribution in [3.8, 4) is 0 Å². The second kappa shape index (κ2) is 7.90. The molecule has 128 valence electrons. The van der Waals surface area contributed by atoms with Gasteiger partial charge in [-0.3, -0.25) is 9.59 Å². The van der Waals surface area contributed by atoms with E-state index in [4.69, 9.17) is 0 Å². The molecule has 1 aliphatic rings. The van der Waals surface area contributed by atoms with Gasteiger partial charge in [0, 0.05) is 23.4 Å². The fourth-order valence-electron chi connectivity index (χ4n) is 2.89. The number of rotatable bonds is 6. The van der Waals surface area contributed by atoms with Gasteiger partial charge in [0.15, 0.2) is 0 Å². The molecule has 1 saturated carbocycles. The molecule has 0 aliphatic heterocycles. The van der Waals surface area contributed by atoms with Crippen LogP contribution in [0.1, 0.15) is 68.9 Å². The van der Waals surface area contributed by atoms with Crippen molar-refractivity contribution in [1.82, 2.24) is 15.2 Å². The van der Waals surface area contributed by atoms with E-state index in [1.54, 1.807) is 5.38 Å². The molecule has 0 saturated heterocycles. The number of amides is 2. The summed E-state index contributed by atoms with van der Waals surface area (Å²) in [5, 5.41) is 5.43. The van der Waals surface area contributed by atoms with Gasteiger partial charge in [0.1, 0.15) is 10.7 Å². The smallest absolute Gasteiger partial charge is 0.270 e. The highest BCUT2D eigenvalue weighted by Crippen LogP contribution is 2.28. The number of carbonyl (C=O) groups is 2. The monoisotopic (exact) mass is 337 g/mol. The van der Waals surface area contributed by atoms with E-state index >= 15 is 0 Å². The number of carbonyl (C=O) groups excluding carboxylic acids is 2. The van der Waals surface area contributed by atoms with Crippen molar-refractivity contribution in [3.05, 3.63) is 16.1 Å². The molecule has 0 unspecified atom stereocenters. The van der Waals surface area contributed by atoms with Crippen LogP contribution in [0.15, 0.2) is 5.38 Å². The third kappa shape index (κ3) is 4.77. The minimum absolute atomic E-state index is 0.0868. The van der Waals surface area contributed by atoms with Gasteiger partial charge in [-0.2, -0.15) is 0 Å². The van der Waals surface area contributed by atoms with E-state index in [0.717, 1.165) is 30.7 Å². The summed E-state index contributed by atoms with van der Waals surface area (Å²) in [6.45, 7) is 8.41. The zero-order valence-electron chi connectivity index (χ0n) is 14.5. The number of hydrogen-bond acceptors (Lipinski definition) is 4. The van der Waals surface area contributed by atoms with Crippen LogP contribution >= 0.6 is 11.3 Å². The second-order valence-corrected chi connectivity index (χ2v) is 7.74. The molecule has 1 heterocycles. The number of hydrogen-bond donors (Lipinski definition) is 1. The minimum Gasteiger partial charge on any atom is -0.349 e. The van der Waals surface area contributed by atoms with Crippen LogP contribution in [0.25, 0.3) is 0 Å². The quantitative estimate of drug-likeness (QED) is 0.867. The Hall–Kier alpha value is -1.43. The third-order valence-corrected chi connectivity index (χ3v) is 4.95. The molecule has 0 radical (unpaired) electrons. The molecule has 2 amide bonds. The SMILES string of the molecule is CC(C)NC(=O)c1csc(CN(C(=O)C2CCCC2)C(C)C)n1. The average molecular weight is 337 g/mol. The molecule has 1 aromatic heterocycles. The lowest BCUT2D eigenvalue weighted by Crippen LogP contribution is -2.39. The first-order valence-corrected chi connectivity index (χ1v) is 9.32. The van der Waals surface area contributed by atoms with Crippen molar-refractivity contribution < 1.29 is 9.59 Å². The Morgan fingerprint density at radius 1 is 1.30 bits per heavy atom. The third-order valence-electron chi connectivity index (χ3n) is 4.12. The van der Waals surface area contributed by atoms with Gasteiger partial charge in [-0.1, -0.05) is 12.8 Å². The summed E-state index contributed by atoms with van der Waals surface area (Å²) in [5.41, 5.74) is 0.440. The summed E-state index contributed by atoms with van der Waals surface area (Å²) in [6, 6.07) is 0.226. The summed E-state index contributed by atoms with van der Waals surface area (Å²) < 4.78 is 0. The van der Waals surface area contributed by atoms with Gasteiger partial charge >= 0.3 is 0 Å². The molecule has 1 fully saturated rings. The van der Waals surface area contributed by atoms with E-state index in [1.165, 1.54) is 11.3 Å². The molecular weight excluding hydrogens is 310 g/mol. The molecular formula is C17H27N3O2S. The molecule has 2 rings (SSSR count). The van der Waals surface area contributed by atoms with Crippen LogP contribution in [0.3, 0.4) is 0 Å². The van der Waals surface area contributed by atoms with Crippen LogP contribution in [0.4, 0.5) is 0 Å². The van der Waals surface area contributed by atoms with Crippen molar-refractivity contribution in [2.24, 2.45) is 5.92 Å². The van der Waals surface area contributed by atoms with Crippen molar-refractivity contribution >= 4 is 23.2 Å².